The van der Waals surface area contributed by atoms with Crippen molar-refractivity contribution in [3.63, 3.8) is 0 Å². The maximum Gasteiger partial charge on any atom is 0.237 e. The summed E-state index contributed by atoms with van der Waals surface area (Å²) in [7, 11) is 0. The molecular weight excluding hydrogens is 254 g/mol. The van der Waals surface area contributed by atoms with Crippen molar-refractivity contribution in [2.45, 2.75) is 0 Å². The van der Waals surface area contributed by atoms with Crippen LogP contribution in [0.1, 0.15) is 0 Å². The van der Waals surface area contributed by atoms with Gasteiger partial charge in [0.15, 0.2) is 5.82 Å². The summed E-state index contributed by atoms with van der Waals surface area (Å²) in [4.78, 5) is 0. The molecule has 0 amide bonds. The fourth-order valence-electron chi connectivity index (χ4n) is 0.836. The third kappa shape index (κ3) is 2.83. The van der Waals surface area contributed by atoms with Crippen LogP contribution < -0.4 is 5.43 Å². The molecule has 80 valence electrons. The molecule has 7 heteroatoms. The van der Waals surface area contributed by atoms with E-state index >= 15 is 0 Å². The normalized spacial score (nSPS) is 8.81. The predicted molar refractivity (Wildman–Crippen MR) is 58.7 cm³/mol. The molecule has 1 aromatic rings. The predicted octanol–water partition coefficient (Wildman–Crippen LogP) is 2.95. The van der Waals surface area contributed by atoms with Crippen LogP contribution in [0, 0.1) is 28.5 Å². The van der Waals surface area contributed by atoms with Gasteiger partial charge in [0.25, 0.3) is 0 Å². The quantitative estimate of drug-likeness (QED) is 0.653. The van der Waals surface area contributed by atoms with Crippen molar-refractivity contribution < 1.29 is 4.39 Å². The van der Waals surface area contributed by atoms with Crippen molar-refractivity contribution in [3.05, 3.63) is 28.0 Å². The largest absolute Gasteiger partial charge is 0.272 e. The van der Waals surface area contributed by atoms with Crippen LogP contribution in [0.15, 0.2) is 17.2 Å². The number of nitrogens with one attached hydrogen (secondary N) is 1. The van der Waals surface area contributed by atoms with Crippen molar-refractivity contribution in [1.29, 1.82) is 10.5 Å². The van der Waals surface area contributed by atoms with Crippen LogP contribution in [0.25, 0.3) is 0 Å². The van der Waals surface area contributed by atoms with E-state index in [4.69, 9.17) is 33.7 Å². The maximum atomic E-state index is 13.3. The summed E-state index contributed by atoms with van der Waals surface area (Å²) in [6.07, 6.45) is 0. The minimum Gasteiger partial charge on any atom is -0.272 e. The molecule has 1 rings (SSSR count). The Labute approximate surface area is 100 Å². The molecule has 1 aromatic carbocycles. The van der Waals surface area contributed by atoms with Gasteiger partial charge in [-0.05, 0) is 12.1 Å². The van der Waals surface area contributed by atoms with Gasteiger partial charge >= 0.3 is 0 Å². The molecule has 16 heavy (non-hydrogen) atoms. The highest BCUT2D eigenvalue weighted by Crippen LogP contribution is 2.28. The van der Waals surface area contributed by atoms with E-state index in [0.717, 1.165) is 6.07 Å². The lowest BCUT2D eigenvalue weighted by atomic mass is 10.3. The average Bonchev–Trinajstić information content (AvgIpc) is 2.22. The smallest absolute Gasteiger partial charge is 0.237 e. The SMILES string of the molecule is N#CC(C#N)=NNc1c(F)cc(Cl)cc1Cl. The molecule has 0 radical (unpaired) electrons. The summed E-state index contributed by atoms with van der Waals surface area (Å²) in [6.45, 7) is 0. The van der Waals surface area contributed by atoms with E-state index in [1.807, 2.05) is 0 Å². The molecule has 0 aromatic heterocycles. The van der Waals surface area contributed by atoms with Crippen LogP contribution in [0.2, 0.25) is 10.0 Å². The van der Waals surface area contributed by atoms with Crippen LogP contribution in [0.5, 0.6) is 0 Å². The Morgan fingerprint density at radius 2 is 1.94 bits per heavy atom. The van der Waals surface area contributed by atoms with Crippen LogP contribution in [0.4, 0.5) is 10.1 Å². The molecular formula is C9H3Cl2FN4. The molecule has 0 saturated carbocycles. The molecule has 0 aliphatic heterocycles. The zero-order chi connectivity index (χ0) is 12.1. The Balaban J connectivity index is 3.05. The number of hydrogen-bond acceptors (Lipinski definition) is 4. The first-order valence-corrected chi connectivity index (χ1v) is 4.62. The molecule has 0 bridgehead atoms. The molecule has 4 nitrogen and oxygen atoms in total. The van der Waals surface area contributed by atoms with Crippen LogP contribution in [0.3, 0.4) is 0 Å². The van der Waals surface area contributed by atoms with Gasteiger partial charge in [-0.2, -0.15) is 15.6 Å². The van der Waals surface area contributed by atoms with Crippen molar-refractivity contribution in [2.75, 3.05) is 5.43 Å². The fourth-order valence-corrected chi connectivity index (χ4v) is 1.35. The number of halogens is 3. The summed E-state index contributed by atoms with van der Waals surface area (Å²) < 4.78 is 13.3. The topological polar surface area (TPSA) is 72.0 Å². The van der Waals surface area contributed by atoms with E-state index in [-0.39, 0.29) is 15.7 Å². The standard InChI is InChI=1S/C9H3Cl2FN4/c10-5-1-7(11)9(8(12)2-5)16-15-6(3-13)4-14/h1-2,16H. The Hall–Kier alpha value is -1.82. The highest BCUT2D eigenvalue weighted by Gasteiger charge is 2.08. The second kappa shape index (κ2) is 5.32. The summed E-state index contributed by atoms with van der Waals surface area (Å²) in [5.74, 6) is -0.725. The number of hydrazone groups is 1. The zero-order valence-corrected chi connectivity index (χ0v) is 9.14. The van der Waals surface area contributed by atoms with Crippen molar-refractivity contribution in [3.8, 4) is 12.1 Å². The lowest BCUT2D eigenvalue weighted by Gasteiger charge is -2.04. The second-order valence-corrected chi connectivity index (χ2v) is 3.38. The van der Waals surface area contributed by atoms with E-state index in [9.17, 15) is 4.39 Å². The van der Waals surface area contributed by atoms with Gasteiger partial charge in [0.05, 0.1) is 5.02 Å². The average molecular weight is 257 g/mol. The lowest BCUT2D eigenvalue weighted by molar-refractivity contribution is 0.631. The highest BCUT2D eigenvalue weighted by molar-refractivity contribution is 6.36. The Morgan fingerprint density at radius 1 is 1.31 bits per heavy atom. The number of nitriles is 2. The van der Waals surface area contributed by atoms with Crippen molar-refractivity contribution >= 4 is 34.6 Å². The van der Waals surface area contributed by atoms with Crippen LogP contribution in [-0.4, -0.2) is 5.71 Å². The van der Waals surface area contributed by atoms with E-state index in [2.05, 4.69) is 10.5 Å². The van der Waals surface area contributed by atoms with E-state index < -0.39 is 11.5 Å². The highest BCUT2D eigenvalue weighted by atomic mass is 35.5. The number of anilines is 1. The summed E-state index contributed by atoms with van der Waals surface area (Å²) in [5.41, 5.74) is 1.60. The molecule has 0 fully saturated rings. The van der Waals surface area contributed by atoms with Gasteiger partial charge in [-0.25, -0.2) is 4.39 Å². The van der Waals surface area contributed by atoms with Crippen molar-refractivity contribution in [1.82, 2.24) is 0 Å². The first-order valence-electron chi connectivity index (χ1n) is 3.87. The van der Waals surface area contributed by atoms with Gasteiger partial charge in [0.1, 0.15) is 17.8 Å². The van der Waals surface area contributed by atoms with E-state index in [1.165, 1.54) is 18.2 Å². The third-order valence-electron chi connectivity index (χ3n) is 1.50. The van der Waals surface area contributed by atoms with E-state index in [1.54, 1.807) is 0 Å². The molecule has 0 aliphatic rings. The van der Waals surface area contributed by atoms with Gasteiger partial charge in [-0.15, -0.1) is 0 Å². The number of rotatable bonds is 2. The van der Waals surface area contributed by atoms with Crippen molar-refractivity contribution in [2.24, 2.45) is 5.10 Å². The van der Waals surface area contributed by atoms with Gasteiger partial charge in [0, 0.05) is 5.02 Å². The van der Waals surface area contributed by atoms with Crippen LogP contribution >= 0.6 is 23.2 Å². The molecule has 0 saturated heterocycles. The molecule has 0 spiro atoms. The lowest BCUT2D eigenvalue weighted by Crippen LogP contribution is -1.99. The Morgan fingerprint density at radius 3 is 2.44 bits per heavy atom. The molecule has 1 N–H and O–H groups in total. The first-order chi connectivity index (χ1) is 7.58. The minimum absolute atomic E-state index is 0.00368. The summed E-state index contributed by atoms with van der Waals surface area (Å²) in [5, 5.41) is 20.3. The maximum absolute atomic E-state index is 13.3. The summed E-state index contributed by atoms with van der Waals surface area (Å²) in [6, 6.07) is 5.35. The van der Waals surface area contributed by atoms with Gasteiger partial charge in [0.2, 0.25) is 5.71 Å². The van der Waals surface area contributed by atoms with Crippen LogP contribution in [-0.2, 0) is 0 Å². The molecule has 0 aliphatic carbocycles. The minimum atomic E-state index is -0.725. The zero-order valence-electron chi connectivity index (χ0n) is 7.63. The first kappa shape index (κ1) is 12.3. The summed E-state index contributed by atoms with van der Waals surface area (Å²) >= 11 is 11.2. The second-order valence-electron chi connectivity index (χ2n) is 2.54. The van der Waals surface area contributed by atoms with Gasteiger partial charge in [-0.1, -0.05) is 23.2 Å². The third-order valence-corrected chi connectivity index (χ3v) is 2.01. The van der Waals surface area contributed by atoms with Gasteiger partial charge in [-0.3, -0.25) is 5.43 Å². The number of hydrogen-bond donors (Lipinski definition) is 1. The van der Waals surface area contributed by atoms with Gasteiger partial charge < -0.3 is 0 Å². The fraction of sp³-hybridized carbons (Fsp3) is 0. The molecule has 0 heterocycles. The molecule has 0 atom stereocenters. The molecule has 0 unspecified atom stereocenters. The van der Waals surface area contributed by atoms with E-state index in [0.29, 0.717) is 0 Å². The Bertz CT molecular complexity index is 488. The number of nitrogens with zero attached hydrogens (tertiary/aromatic N) is 3. The monoisotopic (exact) mass is 256 g/mol. The Kier molecular flexibility index (Phi) is 4.07. The number of benzene rings is 1.